The number of nitro groups is 1. The molecule has 1 aromatic rings. The first-order valence-electron chi connectivity index (χ1n) is 5.80. The molecule has 1 atom stereocenters. The van der Waals surface area contributed by atoms with E-state index < -0.39 is 20.6 Å². The minimum absolute atomic E-state index is 0.0802. The Morgan fingerprint density at radius 1 is 1.45 bits per heavy atom. The fourth-order valence-corrected chi connectivity index (χ4v) is 3.25. The maximum Gasteiger partial charge on any atom is 0.289 e. The van der Waals surface area contributed by atoms with Gasteiger partial charge in [-0.05, 0) is 32.5 Å². The van der Waals surface area contributed by atoms with Crippen LogP contribution >= 0.6 is 11.6 Å². The van der Waals surface area contributed by atoms with E-state index in [1.165, 1.54) is 12.1 Å². The highest BCUT2D eigenvalue weighted by Gasteiger charge is 2.25. The van der Waals surface area contributed by atoms with Gasteiger partial charge in [-0.2, -0.15) is 0 Å². The molecule has 0 aliphatic heterocycles. The Morgan fingerprint density at radius 2 is 2.05 bits per heavy atom. The maximum atomic E-state index is 12.2. The molecule has 0 fully saturated rings. The number of nitrogens with one attached hydrogen (secondary N) is 2. The number of nitrogens with zero attached hydrogens (tertiary/aromatic N) is 1. The lowest BCUT2D eigenvalue weighted by molar-refractivity contribution is -0.385. The van der Waals surface area contributed by atoms with Crippen LogP contribution < -0.4 is 10.0 Å². The molecule has 0 heterocycles. The van der Waals surface area contributed by atoms with Gasteiger partial charge >= 0.3 is 0 Å². The summed E-state index contributed by atoms with van der Waals surface area (Å²) in [5, 5.41) is 13.4. The van der Waals surface area contributed by atoms with Gasteiger partial charge in [-0.15, -0.1) is 0 Å². The number of likely N-dealkylation sites (N-methyl/N-ethyl adjacent to an activating group) is 1. The standard InChI is InChI=1S/C11H16ClN3O4S/c1-7-4-9(15(16)17)11(12)10(5-7)20(18,19)14-6-8(2)13-3/h4-5,8,13-14H,6H2,1-3H3. The molecule has 0 aliphatic carbocycles. The van der Waals surface area contributed by atoms with E-state index in [2.05, 4.69) is 10.0 Å². The molecule has 0 saturated carbocycles. The molecule has 1 unspecified atom stereocenters. The van der Waals surface area contributed by atoms with Gasteiger partial charge in [0.15, 0.2) is 0 Å². The Bertz CT molecular complexity index is 618. The third kappa shape index (κ3) is 3.89. The van der Waals surface area contributed by atoms with Gasteiger partial charge in [0, 0.05) is 18.7 Å². The zero-order valence-corrected chi connectivity index (χ0v) is 12.9. The van der Waals surface area contributed by atoms with Crippen LogP contribution in [0.25, 0.3) is 0 Å². The fourth-order valence-electron chi connectivity index (χ4n) is 1.46. The average molecular weight is 322 g/mol. The monoisotopic (exact) mass is 321 g/mol. The largest absolute Gasteiger partial charge is 0.316 e. The highest BCUT2D eigenvalue weighted by atomic mass is 35.5. The van der Waals surface area contributed by atoms with E-state index in [-0.39, 0.29) is 22.5 Å². The van der Waals surface area contributed by atoms with Crippen LogP contribution in [0.5, 0.6) is 0 Å². The molecule has 1 aromatic carbocycles. The fraction of sp³-hybridized carbons (Fsp3) is 0.455. The lowest BCUT2D eigenvalue weighted by Crippen LogP contribution is -2.37. The van der Waals surface area contributed by atoms with E-state index in [0.717, 1.165) is 0 Å². The third-order valence-corrected chi connectivity index (χ3v) is 4.68. The zero-order valence-electron chi connectivity index (χ0n) is 11.3. The highest BCUT2D eigenvalue weighted by molar-refractivity contribution is 7.89. The molecule has 0 aromatic heterocycles. The molecule has 0 saturated heterocycles. The summed E-state index contributed by atoms with van der Waals surface area (Å²) in [7, 11) is -2.20. The van der Waals surface area contributed by atoms with Crippen LogP contribution in [0, 0.1) is 17.0 Å². The molecular weight excluding hydrogens is 306 g/mol. The normalized spacial score (nSPS) is 13.2. The van der Waals surface area contributed by atoms with Crippen molar-refractivity contribution in [2.24, 2.45) is 0 Å². The minimum Gasteiger partial charge on any atom is -0.316 e. The topological polar surface area (TPSA) is 101 Å². The molecule has 112 valence electrons. The van der Waals surface area contributed by atoms with Crippen LogP contribution in [-0.2, 0) is 10.0 Å². The second-order valence-electron chi connectivity index (χ2n) is 4.39. The number of sulfonamides is 1. The van der Waals surface area contributed by atoms with E-state index in [1.807, 2.05) is 0 Å². The highest BCUT2D eigenvalue weighted by Crippen LogP contribution is 2.32. The van der Waals surface area contributed by atoms with E-state index in [9.17, 15) is 18.5 Å². The molecule has 1 rings (SSSR count). The lowest BCUT2D eigenvalue weighted by atomic mass is 10.2. The number of nitro benzene ring substituents is 1. The van der Waals surface area contributed by atoms with Crippen LogP contribution in [0.1, 0.15) is 12.5 Å². The molecule has 0 spiro atoms. The zero-order chi connectivity index (χ0) is 15.5. The van der Waals surface area contributed by atoms with E-state index >= 15 is 0 Å². The summed E-state index contributed by atoms with van der Waals surface area (Å²) in [5.74, 6) is 0. The predicted molar refractivity (Wildman–Crippen MR) is 76.6 cm³/mol. The molecular formula is C11H16ClN3O4S. The summed E-state index contributed by atoms with van der Waals surface area (Å²) in [6.07, 6.45) is 0. The molecule has 0 aliphatic rings. The van der Waals surface area contributed by atoms with Crippen molar-refractivity contribution in [1.29, 1.82) is 0 Å². The Labute approximate surface area is 122 Å². The van der Waals surface area contributed by atoms with Crippen molar-refractivity contribution in [2.75, 3.05) is 13.6 Å². The Kier molecular flexibility index (Phi) is 5.46. The van der Waals surface area contributed by atoms with Gasteiger partial charge in [0.05, 0.1) is 4.92 Å². The van der Waals surface area contributed by atoms with Gasteiger partial charge in [0.25, 0.3) is 5.69 Å². The van der Waals surface area contributed by atoms with Gasteiger partial charge in [0.2, 0.25) is 10.0 Å². The summed E-state index contributed by atoms with van der Waals surface area (Å²) < 4.78 is 26.7. The molecule has 20 heavy (non-hydrogen) atoms. The first kappa shape index (κ1) is 16.8. The minimum atomic E-state index is -3.90. The number of aryl methyl sites for hydroxylation is 1. The first-order chi connectivity index (χ1) is 9.19. The van der Waals surface area contributed by atoms with Crippen molar-refractivity contribution in [2.45, 2.75) is 24.8 Å². The van der Waals surface area contributed by atoms with Crippen LogP contribution in [0.2, 0.25) is 5.02 Å². The van der Waals surface area contributed by atoms with Crippen LogP contribution in [0.15, 0.2) is 17.0 Å². The summed E-state index contributed by atoms with van der Waals surface area (Å²) in [6, 6.07) is 2.46. The number of hydrogen-bond acceptors (Lipinski definition) is 5. The van der Waals surface area contributed by atoms with Crippen molar-refractivity contribution in [1.82, 2.24) is 10.0 Å². The van der Waals surface area contributed by atoms with E-state index in [0.29, 0.717) is 5.56 Å². The second-order valence-corrected chi connectivity index (χ2v) is 6.51. The van der Waals surface area contributed by atoms with Gasteiger partial charge in [-0.3, -0.25) is 10.1 Å². The molecule has 0 radical (unpaired) electrons. The quantitative estimate of drug-likeness (QED) is 0.610. The Hall–Kier alpha value is -1.22. The van der Waals surface area contributed by atoms with Gasteiger partial charge in [-0.1, -0.05) is 11.6 Å². The van der Waals surface area contributed by atoms with Crippen LogP contribution in [0.4, 0.5) is 5.69 Å². The van der Waals surface area contributed by atoms with Crippen molar-refractivity contribution < 1.29 is 13.3 Å². The molecule has 9 heteroatoms. The van der Waals surface area contributed by atoms with Crippen molar-refractivity contribution in [3.05, 3.63) is 32.8 Å². The van der Waals surface area contributed by atoms with Gasteiger partial charge < -0.3 is 5.32 Å². The number of hydrogen-bond donors (Lipinski definition) is 2. The smallest absolute Gasteiger partial charge is 0.289 e. The van der Waals surface area contributed by atoms with Crippen LogP contribution in [0.3, 0.4) is 0 Å². The van der Waals surface area contributed by atoms with Gasteiger partial charge in [-0.25, -0.2) is 13.1 Å². The molecule has 2 N–H and O–H groups in total. The lowest BCUT2D eigenvalue weighted by Gasteiger charge is -2.13. The number of benzene rings is 1. The molecule has 0 bridgehead atoms. The van der Waals surface area contributed by atoms with E-state index in [1.54, 1.807) is 20.9 Å². The van der Waals surface area contributed by atoms with Gasteiger partial charge in [0.1, 0.15) is 9.92 Å². The Balaban J connectivity index is 3.21. The average Bonchev–Trinajstić information content (AvgIpc) is 2.37. The third-order valence-electron chi connectivity index (χ3n) is 2.72. The van der Waals surface area contributed by atoms with Crippen molar-refractivity contribution in [3.8, 4) is 0 Å². The van der Waals surface area contributed by atoms with Crippen molar-refractivity contribution in [3.63, 3.8) is 0 Å². The SMILES string of the molecule is CNC(C)CNS(=O)(=O)c1cc(C)cc([N+](=O)[O-])c1Cl. The summed E-state index contributed by atoms with van der Waals surface area (Å²) in [4.78, 5) is 9.87. The number of rotatable bonds is 6. The summed E-state index contributed by atoms with van der Waals surface area (Å²) in [5.41, 5.74) is 0.0249. The van der Waals surface area contributed by atoms with E-state index in [4.69, 9.17) is 11.6 Å². The predicted octanol–water partition coefficient (Wildman–Crippen LogP) is 1.44. The number of halogens is 1. The second kappa shape index (κ2) is 6.49. The molecule has 0 amide bonds. The maximum absolute atomic E-state index is 12.2. The summed E-state index contributed by atoms with van der Waals surface area (Å²) in [6.45, 7) is 3.51. The summed E-state index contributed by atoms with van der Waals surface area (Å²) >= 11 is 5.83. The molecule has 7 nitrogen and oxygen atoms in total. The van der Waals surface area contributed by atoms with Crippen molar-refractivity contribution >= 4 is 27.3 Å². The van der Waals surface area contributed by atoms with Crippen LogP contribution in [-0.4, -0.2) is 33.0 Å². The Morgan fingerprint density at radius 3 is 2.55 bits per heavy atom. The first-order valence-corrected chi connectivity index (χ1v) is 7.66.